The zero-order valence-corrected chi connectivity index (χ0v) is 79.3. The van der Waals surface area contributed by atoms with Crippen molar-refractivity contribution in [1.82, 2.24) is 0 Å². The van der Waals surface area contributed by atoms with Gasteiger partial charge in [0.15, 0.2) is 0 Å². The van der Waals surface area contributed by atoms with Gasteiger partial charge in [-0.25, -0.2) is 0 Å². The van der Waals surface area contributed by atoms with E-state index < -0.39 is 59.1 Å². The predicted octanol–water partition coefficient (Wildman–Crippen LogP) is 17.9. The first-order valence-corrected chi connectivity index (χ1v) is 44.2. The fourth-order valence-electron chi connectivity index (χ4n) is 12.0. The van der Waals surface area contributed by atoms with E-state index in [1.54, 1.807) is 47.0 Å². The van der Waals surface area contributed by atoms with Gasteiger partial charge in [0.1, 0.15) is 28.6 Å². The van der Waals surface area contributed by atoms with Crippen LogP contribution in [0.5, 0.6) is 0 Å². The molecule has 12 aromatic carbocycles. The molecule has 33 nitrogen and oxygen atoms in total. The molecule has 636 valence electrons. The minimum Gasteiger partial charge on any atom is -0.457 e. The maximum Gasteiger partial charge on any atom is 3.00 e. The van der Waals surface area contributed by atoms with E-state index in [1.165, 1.54) is 27.7 Å². The van der Waals surface area contributed by atoms with Crippen molar-refractivity contribution in [3.8, 4) is 24.3 Å². The second-order valence-electron chi connectivity index (χ2n) is 23.9. The number of rotatable bonds is 16. The number of fused-ring (bicyclic) bond motifs is 6. The zero-order valence-electron chi connectivity index (χ0n) is 66.6. The molecule has 2 heterocycles. The van der Waals surface area contributed by atoms with Gasteiger partial charge < -0.3 is 116 Å². The Bertz CT molecular complexity index is 5160. The summed E-state index contributed by atoms with van der Waals surface area (Å²) < 4.78 is 64.5. The van der Waals surface area contributed by atoms with Crippen LogP contribution in [0.25, 0.3) is 40.3 Å². The van der Waals surface area contributed by atoms with E-state index in [4.69, 9.17) is 113 Å². The van der Waals surface area contributed by atoms with Gasteiger partial charge in [-0.15, -0.1) is 22.7 Å². The summed E-state index contributed by atoms with van der Waals surface area (Å²) in [6, 6.07) is 111. The van der Waals surface area contributed by atoms with Crippen molar-refractivity contribution in [1.29, 1.82) is 21.0 Å². The smallest absolute Gasteiger partial charge is 0.457 e. The van der Waals surface area contributed by atoms with Crippen molar-refractivity contribution in [2.45, 2.75) is 52.3 Å². The molecule has 0 unspecified atom stereocenters. The SMILES string of the molecule is CC#N.CC#N.CC#N.CC#N.O=P(Cc1cccc2c1sc1c(CP(=O)(c3ccccc3)c3ccccc3)cccc12)(c1ccccc1)c1ccccc1.O=P(Cc1cccc2c1sc1c(CP(=O)(c3ccccc3)c3ccccc3)cccc12)(c1ccccc1)c1ccccc1.O=[N+]([O-])[O-].O=[N+]([O-])[O-].O=[N+]([O-])[O-].O=[N+]([O-])[O-].O=[N+]([O-])[O-].O=[N+]([O-])[O-].[OH3+].[Pr+3].[Pr+3]. The molecule has 0 saturated carbocycles. The Morgan fingerprint density at radius 1 is 0.232 bits per heavy atom. The van der Waals surface area contributed by atoms with Crippen LogP contribution in [-0.2, 0) is 48.4 Å². The third kappa shape index (κ3) is 36.7. The molecule has 14 rings (SSSR count). The monoisotopic (exact) mass is 2060 g/mol. The van der Waals surface area contributed by atoms with Crippen molar-refractivity contribution in [2.75, 3.05) is 0 Å². The van der Waals surface area contributed by atoms with Crippen molar-refractivity contribution in [3.63, 3.8) is 0 Å². The Hall–Kier alpha value is -12.2. The minimum absolute atomic E-state index is 0. The first-order valence-electron chi connectivity index (χ1n) is 35.0. The summed E-state index contributed by atoms with van der Waals surface area (Å²) in [4.78, 5) is 49.5. The molecule has 3 N–H and O–H groups in total. The third-order valence-electron chi connectivity index (χ3n) is 16.3. The maximum atomic E-state index is 15.0. The number of hydrogen-bond acceptors (Lipinski definition) is 28. The zero-order chi connectivity index (χ0) is 90.9. The van der Waals surface area contributed by atoms with Gasteiger partial charge in [-0.3, -0.25) is 0 Å². The van der Waals surface area contributed by atoms with Gasteiger partial charge in [-0.1, -0.05) is 315 Å². The van der Waals surface area contributed by atoms with Crippen molar-refractivity contribution >= 4 is 134 Å². The summed E-state index contributed by atoms with van der Waals surface area (Å²) in [5.41, 5.74) is 4.31. The molecule has 0 aliphatic heterocycles. The topological polar surface area (TPSA) is 594 Å². The van der Waals surface area contributed by atoms with Gasteiger partial charge in [-0.2, -0.15) is 21.0 Å². The van der Waals surface area contributed by atoms with Crippen LogP contribution in [0.3, 0.4) is 0 Å². The first kappa shape index (κ1) is 113. The van der Waals surface area contributed by atoms with Gasteiger partial charge in [-0.05, 0) is 22.3 Å². The van der Waals surface area contributed by atoms with Crippen LogP contribution < -0.4 is 42.4 Å². The van der Waals surface area contributed by atoms with Crippen molar-refractivity contribution in [3.05, 3.63) is 430 Å². The summed E-state index contributed by atoms with van der Waals surface area (Å²) >= 11 is 3.47. The van der Waals surface area contributed by atoms with Crippen LogP contribution in [0.2, 0.25) is 0 Å². The first-order chi connectivity index (χ1) is 58.2. The minimum atomic E-state index is -2.96. The fourth-order valence-corrected chi connectivity index (χ4v) is 25.9. The number of thiophene rings is 2. The second kappa shape index (κ2) is 59.6. The van der Waals surface area contributed by atoms with E-state index in [0.717, 1.165) is 105 Å². The van der Waals surface area contributed by atoms with Crippen LogP contribution in [0.1, 0.15) is 49.9 Å². The number of nitrogens with zero attached hydrogens (tertiary/aromatic N) is 10. The van der Waals surface area contributed by atoms with E-state index in [2.05, 4.69) is 72.8 Å². The molecular formula is C84H75N10O23P4Pr2S2+. The summed E-state index contributed by atoms with van der Waals surface area (Å²) in [5, 5.41) is 129. The van der Waals surface area contributed by atoms with E-state index in [1.807, 2.05) is 243 Å². The van der Waals surface area contributed by atoms with Crippen LogP contribution in [0.4, 0.5) is 0 Å². The Balaban J connectivity index is 0.00000175. The molecule has 0 fully saturated rings. The van der Waals surface area contributed by atoms with Crippen molar-refractivity contribution < 1.29 is 137 Å². The molecule has 14 aromatic rings. The average Bonchev–Trinajstić information content (AvgIpc) is 1.63. The number of nitriles is 4. The molecule has 125 heavy (non-hydrogen) atoms. The predicted molar refractivity (Wildman–Crippen MR) is 485 cm³/mol. The van der Waals surface area contributed by atoms with Gasteiger partial charge in [0.05, 0.1) is 54.8 Å². The Morgan fingerprint density at radius 3 is 0.440 bits per heavy atom. The molecule has 0 aliphatic carbocycles. The molecule has 0 bridgehead atoms. The molecule has 0 radical (unpaired) electrons. The van der Waals surface area contributed by atoms with Crippen LogP contribution in [0.15, 0.2) is 315 Å². The maximum absolute atomic E-state index is 15.0. The Morgan fingerprint density at radius 2 is 0.336 bits per heavy atom. The van der Waals surface area contributed by atoms with Crippen molar-refractivity contribution in [2.24, 2.45) is 0 Å². The van der Waals surface area contributed by atoms with Gasteiger partial charge in [0.2, 0.25) is 0 Å². The summed E-state index contributed by atoms with van der Waals surface area (Å²) in [7, 11) is -11.8. The molecule has 0 spiro atoms. The number of hydrogen-bond donors (Lipinski definition) is 0. The van der Waals surface area contributed by atoms with Crippen LogP contribution >= 0.6 is 51.2 Å². The van der Waals surface area contributed by atoms with Gasteiger partial charge in [0, 0.05) is 135 Å². The molecule has 0 saturated heterocycles. The molecule has 41 heteroatoms. The summed E-state index contributed by atoms with van der Waals surface area (Å²) in [5.74, 6) is 0. The average molecular weight is 2060 g/mol. The quantitative estimate of drug-likeness (QED) is 0.0375. The molecule has 0 atom stereocenters. The van der Waals surface area contributed by atoms with Gasteiger partial charge >= 0.3 is 82.6 Å². The Kier molecular flexibility index (Phi) is 53.8. The second-order valence-corrected chi connectivity index (χ2v) is 37.2. The van der Waals surface area contributed by atoms with Crippen LogP contribution in [-0.4, -0.2) is 30.5 Å². The third-order valence-corrected chi connectivity index (χ3v) is 31.3. The molecular weight excluding hydrogens is 1990 g/mol. The standard InChI is InChI=1S/2C38H30O2P2S.4C2H3N.6NO3.H2O.2Pr/c2*39-41(31-17-5-1-6-18-31,32-19-7-2-8-20-32)27-29-15-13-25-35-36-26-14-16-30(38(36)43-37(29)35)28-42(40,33-21-9-3-10-22-33)34-23-11-4-12-24-34;4*1-2-3;6*2-1(3)4;;;/h2*1-26H,27-28H2;4*1H3;;;;;;;1H2;;/q;;;;;;6*-1;;2*+3/p+1. The number of benzene rings is 12. The van der Waals surface area contributed by atoms with Gasteiger partial charge in [0.25, 0.3) is 0 Å². The normalized spacial score (nSPS) is 9.73. The van der Waals surface area contributed by atoms with E-state index in [0.29, 0.717) is 24.6 Å². The fraction of sp³-hybridized carbons (Fsp3) is 0.0952. The molecule has 0 amide bonds. The Labute approximate surface area is 790 Å². The van der Waals surface area contributed by atoms with E-state index in [-0.39, 0.29) is 88.1 Å². The summed E-state index contributed by atoms with van der Waals surface area (Å²) in [6.07, 6.45) is 1.75. The summed E-state index contributed by atoms with van der Waals surface area (Å²) in [6.45, 7) is 5.72. The van der Waals surface area contributed by atoms with E-state index in [9.17, 15) is 18.3 Å². The molecule has 2 aromatic heterocycles. The largest absolute Gasteiger partial charge is 3.00 e. The van der Waals surface area contributed by atoms with E-state index >= 15 is 0 Å². The van der Waals surface area contributed by atoms with Crippen LogP contribution in [0, 0.1) is 220 Å². The molecule has 0 aliphatic rings.